The number of hydrogen-bond acceptors (Lipinski definition) is 4. The Kier molecular flexibility index (Phi) is 14.4. The summed E-state index contributed by atoms with van der Waals surface area (Å²) in [6, 6.07) is 1.94. The van der Waals surface area contributed by atoms with Crippen LogP contribution in [0.2, 0.25) is 5.02 Å². The third-order valence-corrected chi connectivity index (χ3v) is 7.49. The molecular weight excluding hydrogens is 460 g/mol. The summed E-state index contributed by atoms with van der Waals surface area (Å²) >= 11 is 6.25. The van der Waals surface area contributed by atoms with Gasteiger partial charge in [-0.2, -0.15) is 0 Å². The van der Waals surface area contributed by atoms with Crippen molar-refractivity contribution in [3.05, 3.63) is 28.3 Å². The van der Waals surface area contributed by atoms with Gasteiger partial charge < -0.3 is 5.32 Å². The molecule has 0 aromatic heterocycles. The normalized spacial score (nSPS) is 11.4. The van der Waals surface area contributed by atoms with Gasteiger partial charge in [0, 0.05) is 18.5 Å². The van der Waals surface area contributed by atoms with E-state index in [1.807, 2.05) is 11.6 Å². The number of carbonyl (C=O) groups is 2. The SMILES string of the molecule is CCCCCCCCCCCCCC(=O)c1c(Cl)ccc(S(=O)(=O)NC(=O)NCCC)c1C. The molecule has 0 spiro atoms. The quantitative estimate of drug-likeness (QED) is 0.179. The van der Waals surface area contributed by atoms with Gasteiger partial charge in [-0.05, 0) is 37.5 Å². The zero-order valence-corrected chi connectivity index (χ0v) is 22.0. The summed E-state index contributed by atoms with van der Waals surface area (Å²) in [6.07, 6.45) is 14.1. The Hall–Kier alpha value is -1.60. The van der Waals surface area contributed by atoms with Gasteiger partial charge in [0.05, 0.1) is 9.92 Å². The number of amides is 2. The van der Waals surface area contributed by atoms with Gasteiger partial charge in [0.1, 0.15) is 0 Å². The second kappa shape index (κ2) is 16.1. The van der Waals surface area contributed by atoms with Crippen molar-refractivity contribution < 1.29 is 18.0 Å². The Balaban J connectivity index is 2.55. The number of carbonyl (C=O) groups excluding carboxylic acids is 2. The van der Waals surface area contributed by atoms with E-state index in [-0.39, 0.29) is 26.8 Å². The first-order valence-corrected chi connectivity index (χ1v) is 14.2. The molecule has 0 heterocycles. The Morgan fingerprint density at radius 3 is 1.94 bits per heavy atom. The molecule has 2 N–H and O–H groups in total. The first-order chi connectivity index (χ1) is 15.7. The predicted molar refractivity (Wildman–Crippen MR) is 136 cm³/mol. The fourth-order valence-electron chi connectivity index (χ4n) is 3.82. The lowest BCUT2D eigenvalue weighted by Gasteiger charge is -2.14. The Labute approximate surface area is 205 Å². The molecule has 0 atom stereocenters. The number of nitrogens with one attached hydrogen (secondary N) is 2. The lowest BCUT2D eigenvalue weighted by atomic mass is 9.99. The minimum Gasteiger partial charge on any atom is -0.337 e. The van der Waals surface area contributed by atoms with E-state index in [4.69, 9.17) is 11.6 Å². The molecule has 0 fully saturated rings. The van der Waals surface area contributed by atoms with Crippen molar-refractivity contribution in [2.75, 3.05) is 6.54 Å². The summed E-state index contributed by atoms with van der Waals surface area (Å²) in [7, 11) is -4.11. The van der Waals surface area contributed by atoms with E-state index >= 15 is 0 Å². The molecule has 0 aliphatic rings. The van der Waals surface area contributed by atoms with Crippen molar-refractivity contribution in [1.29, 1.82) is 0 Å². The van der Waals surface area contributed by atoms with Crippen molar-refractivity contribution in [2.24, 2.45) is 0 Å². The summed E-state index contributed by atoms with van der Waals surface area (Å²) < 4.78 is 27.3. The molecule has 0 aliphatic carbocycles. The van der Waals surface area contributed by atoms with Crippen molar-refractivity contribution in [2.45, 2.75) is 109 Å². The highest BCUT2D eigenvalue weighted by Gasteiger charge is 2.24. The number of urea groups is 1. The number of ketones is 1. The fraction of sp³-hybridized carbons (Fsp3) is 0.680. The maximum Gasteiger partial charge on any atom is 0.328 e. The van der Waals surface area contributed by atoms with E-state index in [0.717, 1.165) is 19.3 Å². The van der Waals surface area contributed by atoms with Crippen LogP contribution in [0.15, 0.2) is 17.0 Å². The molecule has 8 heteroatoms. The number of sulfonamides is 1. The molecule has 1 aromatic rings. The molecule has 1 aromatic carbocycles. The average Bonchev–Trinajstić information content (AvgIpc) is 2.75. The van der Waals surface area contributed by atoms with Crippen LogP contribution in [0.3, 0.4) is 0 Å². The Morgan fingerprint density at radius 2 is 1.39 bits per heavy atom. The minimum absolute atomic E-state index is 0.110. The summed E-state index contributed by atoms with van der Waals surface area (Å²) in [6.45, 7) is 6.01. The number of Topliss-reactive ketones (excluding diaryl/α,β-unsaturated/α-hetero) is 1. The molecular formula is C25H41ClN2O4S. The zero-order valence-electron chi connectivity index (χ0n) is 20.5. The maximum atomic E-state index is 12.8. The summed E-state index contributed by atoms with van der Waals surface area (Å²) in [4.78, 5) is 24.5. The van der Waals surface area contributed by atoms with Crippen LogP contribution < -0.4 is 10.0 Å². The Bertz CT molecular complexity index is 856. The van der Waals surface area contributed by atoms with Gasteiger partial charge in [-0.1, -0.05) is 89.7 Å². The van der Waals surface area contributed by atoms with Gasteiger partial charge in [0.2, 0.25) is 0 Å². The topological polar surface area (TPSA) is 92.3 Å². The van der Waals surface area contributed by atoms with Gasteiger partial charge in [0.25, 0.3) is 10.0 Å². The van der Waals surface area contributed by atoms with Gasteiger partial charge in [-0.15, -0.1) is 0 Å². The first-order valence-electron chi connectivity index (χ1n) is 12.4. The number of unbranched alkanes of at least 4 members (excludes halogenated alkanes) is 10. The number of hydrogen-bond donors (Lipinski definition) is 2. The molecule has 0 saturated carbocycles. The van der Waals surface area contributed by atoms with E-state index < -0.39 is 16.1 Å². The maximum absolute atomic E-state index is 12.8. The van der Waals surface area contributed by atoms with E-state index in [9.17, 15) is 18.0 Å². The van der Waals surface area contributed by atoms with E-state index in [0.29, 0.717) is 19.4 Å². The van der Waals surface area contributed by atoms with Crippen molar-refractivity contribution in [3.63, 3.8) is 0 Å². The van der Waals surface area contributed by atoms with Crippen molar-refractivity contribution >= 4 is 33.4 Å². The zero-order chi connectivity index (χ0) is 24.7. The highest BCUT2D eigenvalue weighted by atomic mass is 35.5. The summed E-state index contributed by atoms with van der Waals surface area (Å²) in [5, 5.41) is 2.70. The van der Waals surface area contributed by atoms with E-state index in [1.54, 1.807) is 6.92 Å². The summed E-state index contributed by atoms with van der Waals surface area (Å²) in [5.41, 5.74) is 0.493. The van der Waals surface area contributed by atoms with Crippen LogP contribution in [0.1, 0.15) is 113 Å². The average molecular weight is 501 g/mol. The second-order valence-electron chi connectivity index (χ2n) is 8.62. The standard InChI is InChI=1S/C25H41ClN2O4S/c1-4-6-7-8-9-10-11-12-13-14-15-16-22(29)24-20(3)23(18-17-21(24)26)33(31,32)28-25(30)27-19-5-2/h17-18H,4-16,19H2,1-3H3,(H2,27,28,30). The molecule has 2 amide bonds. The molecule has 0 aliphatic heterocycles. The second-order valence-corrected chi connectivity index (χ2v) is 10.7. The van der Waals surface area contributed by atoms with Crippen LogP contribution in [-0.2, 0) is 10.0 Å². The molecule has 6 nitrogen and oxygen atoms in total. The number of rotatable bonds is 17. The lowest BCUT2D eigenvalue weighted by Crippen LogP contribution is -2.40. The van der Waals surface area contributed by atoms with Gasteiger partial charge in [-0.3, -0.25) is 4.79 Å². The smallest absolute Gasteiger partial charge is 0.328 e. The van der Waals surface area contributed by atoms with Crippen LogP contribution in [0.5, 0.6) is 0 Å². The highest BCUT2D eigenvalue weighted by molar-refractivity contribution is 7.90. The van der Waals surface area contributed by atoms with Crippen LogP contribution in [-0.4, -0.2) is 26.8 Å². The van der Waals surface area contributed by atoms with Gasteiger partial charge in [-0.25, -0.2) is 17.9 Å². The number of benzene rings is 1. The Morgan fingerprint density at radius 1 is 0.848 bits per heavy atom. The van der Waals surface area contributed by atoms with Gasteiger partial charge in [0.15, 0.2) is 5.78 Å². The largest absolute Gasteiger partial charge is 0.337 e. The fourth-order valence-corrected chi connectivity index (χ4v) is 5.31. The molecule has 0 bridgehead atoms. The number of halogens is 1. The van der Waals surface area contributed by atoms with E-state index in [1.165, 1.54) is 63.5 Å². The molecule has 0 radical (unpaired) electrons. The molecule has 0 saturated heterocycles. The third-order valence-electron chi connectivity index (χ3n) is 5.70. The third kappa shape index (κ3) is 10.9. The lowest BCUT2D eigenvalue weighted by molar-refractivity contribution is 0.0978. The van der Waals surface area contributed by atoms with Crippen LogP contribution in [0, 0.1) is 6.92 Å². The molecule has 1 rings (SSSR count). The van der Waals surface area contributed by atoms with Crippen LogP contribution in [0.25, 0.3) is 0 Å². The summed E-state index contributed by atoms with van der Waals surface area (Å²) in [5.74, 6) is -0.166. The van der Waals surface area contributed by atoms with Gasteiger partial charge >= 0.3 is 6.03 Å². The molecule has 0 unspecified atom stereocenters. The van der Waals surface area contributed by atoms with E-state index in [2.05, 4.69) is 12.2 Å². The monoisotopic (exact) mass is 500 g/mol. The predicted octanol–water partition coefficient (Wildman–Crippen LogP) is 6.93. The first kappa shape index (κ1) is 29.4. The van der Waals surface area contributed by atoms with Crippen molar-refractivity contribution in [3.8, 4) is 0 Å². The minimum atomic E-state index is -4.11. The molecule has 33 heavy (non-hydrogen) atoms. The molecule has 188 valence electrons. The van der Waals surface area contributed by atoms with Crippen molar-refractivity contribution in [1.82, 2.24) is 10.0 Å². The highest BCUT2D eigenvalue weighted by Crippen LogP contribution is 2.28. The van der Waals surface area contributed by atoms with Crippen LogP contribution in [0.4, 0.5) is 4.79 Å². The van der Waals surface area contributed by atoms with Crippen LogP contribution >= 0.6 is 11.6 Å².